The molecule has 4 unspecified atom stereocenters. The molecule has 2 aliphatic rings. The number of aromatic amines is 2. The maximum Gasteiger partial charge on any atom is 0.303 e. The van der Waals surface area contributed by atoms with Crippen LogP contribution in [-0.2, 0) is 9.59 Å². The van der Waals surface area contributed by atoms with Crippen molar-refractivity contribution in [2.24, 2.45) is 0 Å². The molecule has 0 radical (unpaired) electrons. The van der Waals surface area contributed by atoms with E-state index in [1.165, 1.54) is 0 Å². The zero-order chi connectivity index (χ0) is 32.7. The number of nitrogens with zero attached hydrogens (tertiary/aromatic N) is 2. The van der Waals surface area contributed by atoms with Gasteiger partial charge in [-0.1, -0.05) is 6.92 Å². The van der Waals surface area contributed by atoms with E-state index in [-0.39, 0.29) is 24.7 Å². The van der Waals surface area contributed by atoms with E-state index in [9.17, 15) is 30.0 Å². The maximum atomic E-state index is 11.6. The number of aliphatic hydroxyl groups excluding tert-OH is 2. The van der Waals surface area contributed by atoms with Crippen molar-refractivity contribution >= 4 is 45.2 Å². The Bertz CT molecular complexity index is 1860. The summed E-state index contributed by atoms with van der Waals surface area (Å²) in [5.41, 5.74) is 11.1. The smallest absolute Gasteiger partial charge is 0.303 e. The summed E-state index contributed by atoms with van der Waals surface area (Å²) in [5, 5.41) is 40.4. The van der Waals surface area contributed by atoms with Crippen molar-refractivity contribution < 1.29 is 30.0 Å². The summed E-state index contributed by atoms with van der Waals surface area (Å²) in [6.07, 6.45) is -0.128. The lowest BCUT2D eigenvalue weighted by molar-refractivity contribution is -0.138. The number of H-pyrrole nitrogens is 2. The standard InChI is InChI=1S/C35H42N4O6/c1-16-22(8-7-9-32(42)43)28-15-29-23(10-11-33(44)45)17(2)25(37-29)13-30-35(21(6)41)19(4)27(39-30)14-31-34(20(5)40)18(3)26(38-31)12-24(16)36-28/h12-15,17,20-21,23,38-41H,7-11H2,1-6H3,(H,42,43)(H,44,45). The summed E-state index contributed by atoms with van der Waals surface area (Å²) in [6, 6.07) is 7.78. The summed E-state index contributed by atoms with van der Waals surface area (Å²) in [5.74, 6) is -2.00. The van der Waals surface area contributed by atoms with Gasteiger partial charge in [0.1, 0.15) is 0 Å². The number of rotatable bonds is 9. The Labute approximate surface area is 261 Å². The topological polar surface area (TPSA) is 172 Å². The third-order valence-electron chi connectivity index (χ3n) is 9.30. The van der Waals surface area contributed by atoms with Gasteiger partial charge in [0, 0.05) is 69.3 Å². The number of hydrogen-bond acceptors (Lipinski definition) is 6. The molecule has 0 saturated heterocycles. The van der Waals surface area contributed by atoms with Gasteiger partial charge in [0.05, 0.1) is 23.6 Å². The third-order valence-corrected chi connectivity index (χ3v) is 9.30. The zero-order valence-corrected chi connectivity index (χ0v) is 26.7. The van der Waals surface area contributed by atoms with Gasteiger partial charge in [-0.05, 0) is 100 Å². The number of aliphatic hydroxyl groups is 2. The predicted octanol–water partition coefficient (Wildman–Crippen LogP) is 6.98. The number of carboxylic acid groups (broad SMARTS) is 2. The van der Waals surface area contributed by atoms with Crippen LogP contribution in [0.15, 0.2) is 24.3 Å². The highest BCUT2D eigenvalue weighted by molar-refractivity contribution is 5.92. The fraction of sp³-hybridized carbons (Fsp3) is 0.429. The molecule has 3 aromatic rings. The van der Waals surface area contributed by atoms with Gasteiger partial charge in [-0.25, -0.2) is 4.98 Å². The van der Waals surface area contributed by atoms with Crippen molar-refractivity contribution in [2.75, 3.05) is 0 Å². The second-order valence-corrected chi connectivity index (χ2v) is 12.4. The van der Waals surface area contributed by atoms with Crippen molar-refractivity contribution in [3.05, 3.63) is 69.3 Å². The monoisotopic (exact) mass is 614 g/mol. The highest BCUT2D eigenvalue weighted by atomic mass is 16.4. The first-order valence-electron chi connectivity index (χ1n) is 15.5. The molecular formula is C35H42N4O6. The molecule has 4 atom stereocenters. The molecule has 8 bridgehead atoms. The van der Waals surface area contributed by atoms with Gasteiger partial charge in [-0.3, -0.25) is 14.6 Å². The second-order valence-electron chi connectivity index (χ2n) is 12.4. The van der Waals surface area contributed by atoms with E-state index in [0.717, 1.165) is 72.5 Å². The molecule has 6 N–H and O–H groups in total. The van der Waals surface area contributed by atoms with Gasteiger partial charge in [0.15, 0.2) is 0 Å². The number of carboxylic acids is 2. The van der Waals surface area contributed by atoms with Crippen LogP contribution in [0.1, 0.15) is 129 Å². The van der Waals surface area contributed by atoms with Crippen molar-refractivity contribution in [3.63, 3.8) is 0 Å². The number of aliphatic carboxylic acids is 2. The van der Waals surface area contributed by atoms with Crippen LogP contribution < -0.4 is 0 Å². The molecule has 0 spiro atoms. The van der Waals surface area contributed by atoms with Crippen LogP contribution in [0.2, 0.25) is 0 Å². The summed E-state index contributed by atoms with van der Waals surface area (Å²) < 4.78 is 0. The minimum Gasteiger partial charge on any atom is -0.481 e. The normalized spacial score (nSPS) is 17.9. The molecule has 0 amide bonds. The Balaban J connectivity index is 1.89. The number of nitrogens with one attached hydrogen (secondary N) is 2. The minimum atomic E-state index is -0.875. The predicted molar refractivity (Wildman–Crippen MR) is 174 cm³/mol. The molecule has 238 valence electrons. The number of hydrogen-bond donors (Lipinski definition) is 6. The third kappa shape index (κ3) is 6.30. The lowest BCUT2D eigenvalue weighted by atomic mass is 9.87. The lowest BCUT2D eigenvalue weighted by Gasteiger charge is -2.15. The van der Waals surface area contributed by atoms with Crippen molar-refractivity contribution in [1.29, 1.82) is 0 Å². The highest BCUT2D eigenvalue weighted by Gasteiger charge is 2.30. The second kappa shape index (κ2) is 12.6. The molecule has 5 rings (SSSR count). The van der Waals surface area contributed by atoms with Crippen LogP contribution in [0.25, 0.3) is 33.2 Å². The van der Waals surface area contributed by atoms with E-state index in [4.69, 9.17) is 9.97 Å². The minimum absolute atomic E-state index is 0.00736. The van der Waals surface area contributed by atoms with Crippen LogP contribution in [-0.4, -0.2) is 52.3 Å². The van der Waals surface area contributed by atoms with Crippen LogP contribution >= 0.6 is 0 Å². The van der Waals surface area contributed by atoms with E-state index in [1.54, 1.807) is 13.8 Å². The highest BCUT2D eigenvalue weighted by Crippen LogP contribution is 2.42. The van der Waals surface area contributed by atoms with Crippen LogP contribution in [0, 0.1) is 13.8 Å². The fourth-order valence-corrected chi connectivity index (χ4v) is 6.86. The quantitative estimate of drug-likeness (QED) is 0.150. The SMILES string of the molecule is CC1=C(CCCC(=O)O)c2cc3nc(cc4[nH]c(cc5[nH]c(cc1n2)c(C)c5C(C)O)c(C)c4C(C)O)C(C)C3CCC(=O)O. The number of fused-ring (bicyclic) bond motifs is 8. The van der Waals surface area contributed by atoms with Gasteiger partial charge in [-0.2, -0.15) is 0 Å². The Morgan fingerprint density at radius 2 is 1.36 bits per heavy atom. The molecule has 3 aromatic heterocycles. The average Bonchev–Trinajstić information content (AvgIpc) is 3.61. The molecule has 10 heteroatoms. The molecule has 5 heterocycles. The molecule has 0 aromatic carbocycles. The summed E-state index contributed by atoms with van der Waals surface area (Å²) >= 11 is 0. The van der Waals surface area contributed by atoms with Gasteiger partial charge in [-0.15, -0.1) is 0 Å². The van der Waals surface area contributed by atoms with Gasteiger partial charge in [0.25, 0.3) is 0 Å². The van der Waals surface area contributed by atoms with E-state index >= 15 is 0 Å². The Kier molecular flexibility index (Phi) is 9.00. The van der Waals surface area contributed by atoms with Gasteiger partial charge in [0.2, 0.25) is 0 Å². The molecule has 0 aliphatic carbocycles. The molecule has 0 fully saturated rings. The molecular weight excluding hydrogens is 572 g/mol. The van der Waals surface area contributed by atoms with Crippen LogP contribution in [0.3, 0.4) is 0 Å². The Morgan fingerprint density at radius 3 is 1.93 bits per heavy atom. The zero-order valence-electron chi connectivity index (χ0n) is 26.7. The molecule has 45 heavy (non-hydrogen) atoms. The van der Waals surface area contributed by atoms with Crippen molar-refractivity contribution in [1.82, 2.24) is 19.9 Å². The first-order valence-corrected chi connectivity index (χ1v) is 15.5. The van der Waals surface area contributed by atoms with E-state index in [2.05, 4.69) is 9.97 Å². The number of aromatic nitrogens is 4. The number of allylic oxidation sites excluding steroid dienone is 2. The van der Waals surface area contributed by atoms with Gasteiger partial charge < -0.3 is 30.4 Å². The van der Waals surface area contributed by atoms with Crippen molar-refractivity contribution in [2.45, 2.75) is 97.7 Å². The summed E-state index contributed by atoms with van der Waals surface area (Å²) in [4.78, 5) is 39.9. The number of aryl methyl sites for hydroxylation is 2. The van der Waals surface area contributed by atoms with E-state index in [0.29, 0.717) is 25.0 Å². The number of carbonyl (C=O) groups is 2. The summed E-state index contributed by atoms with van der Waals surface area (Å²) in [6.45, 7) is 11.4. The van der Waals surface area contributed by atoms with Gasteiger partial charge >= 0.3 is 11.9 Å². The largest absolute Gasteiger partial charge is 0.481 e. The molecule has 2 aliphatic heterocycles. The van der Waals surface area contributed by atoms with Crippen LogP contribution in [0.5, 0.6) is 0 Å². The Hall–Kier alpha value is -4.28. The maximum absolute atomic E-state index is 11.6. The Morgan fingerprint density at radius 1 is 0.778 bits per heavy atom. The first kappa shape index (κ1) is 32.1. The van der Waals surface area contributed by atoms with Crippen LogP contribution in [0.4, 0.5) is 0 Å². The molecule has 0 saturated carbocycles. The molecule has 10 nitrogen and oxygen atoms in total. The van der Waals surface area contributed by atoms with Crippen molar-refractivity contribution in [3.8, 4) is 0 Å². The lowest BCUT2D eigenvalue weighted by Crippen LogP contribution is -2.06. The summed E-state index contributed by atoms with van der Waals surface area (Å²) in [7, 11) is 0. The van der Waals surface area contributed by atoms with E-state index in [1.807, 2.05) is 52.0 Å². The average molecular weight is 615 g/mol. The first-order chi connectivity index (χ1) is 21.3. The fourth-order valence-electron chi connectivity index (χ4n) is 6.86. The van der Waals surface area contributed by atoms with E-state index < -0.39 is 24.1 Å².